The van der Waals surface area contributed by atoms with Crippen molar-refractivity contribution in [3.63, 3.8) is 0 Å². The van der Waals surface area contributed by atoms with Gasteiger partial charge in [-0.25, -0.2) is 4.79 Å². The Kier molecular flexibility index (Phi) is 5.71. The van der Waals surface area contributed by atoms with E-state index in [0.717, 1.165) is 18.4 Å². The Morgan fingerprint density at radius 1 is 0.889 bits per heavy atom. The molecule has 1 fully saturated rings. The van der Waals surface area contributed by atoms with Crippen molar-refractivity contribution in [2.24, 2.45) is 5.92 Å². The van der Waals surface area contributed by atoms with Gasteiger partial charge in [0.2, 0.25) is 5.91 Å². The number of benzene rings is 2. The molecule has 1 saturated carbocycles. The third-order valence-corrected chi connectivity index (χ3v) is 4.15. The lowest BCUT2D eigenvalue weighted by atomic mass is 10.1. The molecule has 2 aromatic rings. The van der Waals surface area contributed by atoms with Crippen LogP contribution in [-0.2, 0) is 16.0 Å². The highest BCUT2D eigenvalue weighted by Gasteiger charge is 2.29. The molecule has 0 spiro atoms. The van der Waals surface area contributed by atoms with E-state index in [0.29, 0.717) is 23.5 Å². The topological polar surface area (TPSA) is 108 Å². The van der Waals surface area contributed by atoms with Crippen molar-refractivity contribution in [3.05, 3.63) is 54.1 Å². The normalized spacial score (nSPS) is 12.9. The van der Waals surface area contributed by atoms with E-state index in [1.54, 1.807) is 42.5 Å². The van der Waals surface area contributed by atoms with E-state index in [9.17, 15) is 14.4 Å². The van der Waals surface area contributed by atoms with Crippen molar-refractivity contribution in [3.8, 4) is 0 Å². The Hall–Kier alpha value is -3.35. The zero-order valence-electron chi connectivity index (χ0n) is 14.7. The summed E-state index contributed by atoms with van der Waals surface area (Å²) in [6.07, 6.45) is 2.29. The van der Waals surface area contributed by atoms with Crippen molar-refractivity contribution in [2.45, 2.75) is 25.7 Å². The van der Waals surface area contributed by atoms with Crippen LogP contribution in [0.25, 0.3) is 0 Å². The summed E-state index contributed by atoms with van der Waals surface area (Å²) in [5.74, 6) is -0.743. The van der Waals surface area contributed by atoms with Crippen molar-refractivity contribution in [2.75, 3.05) is 16.0 Å². The van der Waals surface area contributed by atoms with Gasteiger partial charge in [0.1, 0.15) is 0 Å². The number of amides is 3. The van der Waals surface area contributed by atoms with Crippen LogP contribution < -0.4 is 16.0 Å². The van der Waals surface area contributed by atoms with E-state index in [-0.39, 0.29) is 18.2 Å². The van der Waals surface area contributed by atoms with Crippen LogP contribution in [0.15, 0.2) is 48.5 Å². The van der Waals surface area contributed by atoms with E-state index in [4.69, 9.17) is 5.11 Å². The van der Waals surface area contributed by atoms with E-state index >= 15 is 0 Å². The average molecular weight is 367 g/mol. The van der Waals surface area contributed by atoms with Crippen LogP contribution in [0.2, 0.25) is 0 Å². The van der Waals surface area contributed by atoms with Crippen LogP contribution in [0.5, 0.6) is 0 Å². The van der Waals surface area contributed by atoms with Gasteiger partial charge in [-0.1, -0.05) is 18.2 Å². The highest BCUT2D eigenvalue weighted by Crippen LogP contribution is 2.30. The van der Waals surface area contributed by atoms with Crippen LogP contribution in [0.3, 0.4) is 0 Å². The minimum Gasteiger partial charge on any atom is -0.481 e. The summed E-state index contributed by atoms with van der Waals surface area (Å²) in [7, 11) is 0. The maximum Gasteiger partial charge on any atom is 0.323 e. The molecule has 4 N–H and O–H groups in total. The Balaban J connectivity index is 1.56. The fraction of sp³-hybridized carbons (Fsp3) is 0.250. The van der Waals surface area contributed by atoms with Gasteiger partial charge in [-0.05, 0) is 55.2 Å². The van der Waals surface area contributed by atoms with E-state index in [1.807, 2.05) is 6.07 Å². The van der Waals surface area contributed by atoms with Crippen LogP contribution >= 0.6 is 0 Å². The fourth-order valence-corrected chi connectivity index (χ4v) is 2.61. The molecule has 3 amide bonds. The number of carboxylic acids is 1. The molecule has 3 rings (SSSR count). The SMILES string of the molecule is O=C(O)CCc1cccc(NC(=O)Nc2cccc(NC(=O)C3CC3)c2)c1. The molecule has 0 saturated heterocycles. The minimum absolute atomic E-state index is 0.00905. The molecule has 0 aliphatic heterocycles. The predicted molar refractivity (Wildman–Crippen MR) is 103 cm³/mol. The molecule has 7 heteroatoms. The summed E-state index contributed by atoms with van der Waals surface area (Å²) in [6, 6.07) is 13.6. The van der Waals surface area contributed by atoms with Crippen LogP contribution in [0, 0.1) is 5.92 Å². The molecule has 1 aliphatic rings. The van der Waals surface area contributed by atoms with Crippen molar-refractivity contribution in [1.82, 2.24) is 0 Å². The summed E-state index contributed by atoms with van der Waals surface area (Å²) in [6.45, 7) is 0. The number of carboxylic acid groups (broad SMARTS) is 1. The van der Waals surface area contributed by atoms with E-state index in [2.05, 4.69) is 16.0 Å². The maximum atomic E-state index is 12.2. The van der Waals surface area contributed by atoms with Crippen molar-refractivity contribution >= 4 is 35.0 Å². The molecule has 2 aromatic carbocycles. The highest BCUT2D eigenvalue weighted by molar-refractivity contribution is 6.00. The number of carbonyl (C=O) groups is 3. The number of anilines is 3. The number of rotatable bonds is 7. The Morgan fingerprint density at radius 2 is 1.48 bits per heavy atom. The number of nitrogens with one attached hydrogen (secondary N) is 3. The van der Waals surface area contributed by atoms with Crippen molar-refractivity contribution in [1.29, 1.82) is 0 Å². The molecule has 0 radical (unpaired) electrons. The van der Waals surface area contributed by atoms with Gasteiger partial charge in [0.05, 0.1) is 0 Å². The number of hydrogen-bond donors (Lipinski definition) is 4. The molecule has 27 heavy (non-hydrogen) atoms. The number of aryl methyl sites for hydroxylation is 1. The first-order valence-corrected chi connectivity index (χ1v) is 8.79. The van der Waals surface area contributed by atoms with Gasteiger partial charge in [0.15, 0.2) is 0 Å². The summed E-state index contributed by atoms with van der Waals surface area (Å²) in [5, 5.41) is 17.0. The third-order valence-electron chi connectivity index (χ3n) is 4.15. The summed E-state index contributed by atoms with van der Waals surface area (Å²) >= 11 is 0. The first-order chi connectivity index (χ1) is 13.0. The smallest absolute Gasteiger partial charge is 0.323 e. The lowest BCUT2D eigenvalue weighted by Crippen LogP contribution is -2.20. The monoisotopic (exact) mass is 367 g/mol. The summed E-state index contributed by atoms with van der Waals surface area (Å²) in [4.78, 5) is 34.7. The Morgan fingerprint density at radius 3 is 2.11 bits per heavy atom. The third kappa shape index (κ3) is 5.85. The number of urea groups is 1. The number of aliphatic carboxylic acids is 1. The summed E-state index contributed by atoms with van der Waals surface area (Å²) < 4.78 is 0. The van der Waals surface area contributed by atoms with Crippen molar-refractivity contribution < 1.29 is 19.5 Å². The Labute approximate surface area is 156 Å². The molecule has 0 unspecified atom stereocenters. The largest absolute Gasteiger partial charge is 0.481 e. The lowest BCUT2D eigenvalue weighted by molar-refractivity contribution is -0.137. The highest BCUT2D eigenvalue weighted by atomic mass is 16.4. The van der Waals surface area contributed by atoms with Gasteiger partial charge in [-0.3, -0.25) is 9.59 Å². The summed E-state index contributed by atoms with van der Waals surface area (Å²) in [5.41, 5.74) is 2.61. The molecular formula is C20H21N3O4. The van der Waals surface area contributed by atoms with E-state index < -0.39 is 12.0 Å². The number of carbonyl (C=O) groups excluding carboxylic acids is 2. The molecule has 0 heterocycles. The second-order valence-corrected chi connectivity index (χ2v) is 6.52. The van der Waals surface area contributed by atoms with Gasteiger partial charge in [0, 0.05) is 29.4 Å². The van der Waals surface area contributed by atoms with Gasteiger partial charge >= 0.3 is 12.0 Å². The van der Waals surface area contributed by atoms with Gasteiger partial charge in [0.25, 0.3) is 0 Å². The van der Waals surface area contributed by atoms with Gasteiger partial charge in [-0.15, -0.1) is 0 Å². The Bertz CT molecular complexity index is 862. The number of hydrogen-bond acceptors (Lipinski definition) is 3. The molecule has 1 aliphatic carbocycles. The minimum atomic E-state index is -0.861. The van der Waals surface area contributed by atoms with Crippen LogP contribution in [-0.4, -0.2) is 23.0 Å². The zero-order valence-corrected chi connectivity index (χ0v) is 14.7. The average Bonchev–Trinajstić information content (AvgIpc) is 3.45. The van der Waals surface area contributed by atoms with E-state index in [1.165, 1.54) is 0 Å². The molecule has 0 aromatic heterocycles. The second-order valence-electron chi connectivity index (χ2n) is 6.52. The fourth-order valence-electron chi connectivity index (χ4n) is 2.61. The zero-order chi connectivity index (χ0) is 19.2. The molecule has 140 valence electrons. The maximum absolute atomic E-state index is 12.2. The molecule has 0 bridgehead atoms. The second kappa shape index (κ2) is 8.35. The van der Waals surface area contributed by atoms with Gasteiger partial charge < -0.3 is 21.1 Å². The quantitative estimate of drug-likeness (QED) is 0.598. The molecular weight excluding hydrogens is 346 g/mol. The predicted octanol–water partition coefficient (Wildman–Crippen LogP) is 3.70. The molecule has 0 atom stereocenters. The first-order valence-electron chi connectivity index (χ1n) is 8.79. The molecule has 7 nitrogen and oxygen atoms in total. The standard InChI is InChI=1S/C20H21N3O4/c24-18(25)10-7-13-3-1-4-15(11-13)22-20(27)23-17-6-2-5-16(12-17)21-19(26)14-8-9-14/h1-6,11-12,14H,7-10H2,(H,21,26)(H,24,25)(H2,22,23,27). The van der Waals surface area contributed by atoms with Gasteiger partial charge in [-0.2, -0.15) is 0 Å². The van der Waals surface area contributed by atoms with Crippen LogP contribution in [0.1, 0.15) is 24.8 Å². The van der Waals surface area contributed by atoms with Crippen LogP contribution in [0.4, 0.5) is 21.9 Å². The lowest BCUT2D eigenvalue weighted by Gasteiger charge is -2.10. The first kappa shape index (κ1) is 18.4.